The zero-order valence-electron chi connectivity index (χ0n) is 14.2. The van der Waals surface area contributed by atoms with Gasteiger partial charge in [0, 0.05) is 12.1 Å². The van der Waals surface area contributed by atoms with E-state index in [1.54, 1.807) is 13.8 Å². The number of hydrogen-bond donors (Lipinski definition) is 2. The van der Waals surface area contributed by atoms with Gasteiger partial charge in [-0.05, 0) is 25.8 Å². The van der Waals surface area contributed by atoms with Crippen molar-refractivity contribution in [2.24, 2.45) is 10.2 Å². The van der Waals surface area contributed by atoms with Gasteiger partial charge in [0.15, 0.2) is 11.6 Å². The maximum Gasteiger partial charge on any atom is 0.414 e. The summed E-state index contributed by atoms with van der Waals surface area (Å²) in [7, 11) is 0. The number of aromatic nitrogens is 3. The van der Waals surface area contributed by atoms with Gasteiger partial charge in [0.05, 0.1) is 0 Å². The predicted octanol–water partition coefficient (Wildman–Crippen LogP) is 4.21. The second kappa shape index (κ2) is 7.41. The molecule has 0 spiro atoms. The molecular weight excluding hydrogens is 322 g/mol. The smallest absolute Gasteiger partial charge is 0.414 e. The number of aromatic hydroxyl groups is 1. The molecule has 9 nitrogen and oxygen atoms in total. The van der Waals surface area contributed by atoms with E-state index in [1.807, 2.05) is 6.92 Å². The number of pyridine rings is 1. The van der Waals surface area contributed by atoms with Gasteiger partial charge in [-0.1, -0.05) is 36.6 Å². The van der Waals surface area contributed by atoms with Crippen molar-refractivity contribution in [3.8, 4) is 5.88 Å². The summed E-state index contributed by atoms with van der Waals surface area (Å²) in [6, 6.07) is 0. The average Bonchev–Trinajstić information content (AvgIpc) is 3.02. The van der Waals surface area contributed by atoms with Crippen LogP contribution in [0.1, 0.15) is 30.9 Å². The van der Waals surface area contributed by atoms with E-state index in [-0.39, 0.29) is 29.2 Å². The summed E-state index contributed by atoms with van der Waals surface area (Å²) in [6.07, 6.45) is 1.62. The highest BCUT2D eigenvalue weighted by Crippen LogP contribution is 2.30. The minimum absolute atomic E-state index is 0.0251. The number of rotatable bonds is 5. The van der Waals surface area contributed by atoms with Crippen LogP contribution < -0.4 is 5.56 Å². The first-order valence-electron chi connectivity index (χ1n) is 7.64. The molecule has 0 unspecified atom stereocenters. The molecular formula is C16H17N7O2. The van der Waals surface area contributed by atoms with E-state index in [0.29, 0.717) is 17.7 Å². The van der Waals surface area contributed by atoms with Crippen molar-refractivity contribution < 1.29 is 5.11 Å². The molecule has 2 rings (SSSR count). The van der Waals surface area contributed by atoms with Crippen LogP contribution in [0.15, 0.2) is 15.0 Å². The minimum atomic E-state index is -0.444. The Hall–Kier alpha value is -3.46. The number of nitrogens with one attached hydrogen (secondary N) is 1. The van der Waals surface area contributed by atoms with Gasteiger partial charge < -0.3 is 14.8 Å². The molecule has 2 aromatic heterocycles. The summed E-state index contributed by atoms with van der Waals surface area (Å²) in [5.74, 6) is -0.217. The Balaban J connectivity index is 2.51. The molecule has 0 amide bonds. The fourth-order valence-electron chi connectivity index (χ4n) is 2.22. The van der Waals surface area contributed by atoms with Crippen molar-refractivity contribution in [2.45, 2.75) is 40.2 Å². The summed E-state index contributed by atoms with van der Waals surface area (Å²) >= 11 is 0. The first-order chi connectivity index (χ1) is 11.9. The van der Waals surface area contributed by atoms with E-state index >= 15 is 0 Å². The lowest BCUT2D eigenvalue weighted by Crippen LogP contribution is -2.21. The third-order valence-corrected chi connectivity index (χ3v) is 3.81. The van der Waals surface area contributed by atoms with Crippen LogP contribution in [0.2, 0.25) is 0 Å². The number of nitrogens with zero attached hydrogens (tertiary/aromatic N) is 6. The zero-order valence-corrected chi connectivity index (χ0v) is 14.2. The number of imidazole rings is 1. The number of unbranched alkanes of at least 4 members (excludes halogenated alkanes) is 1. The van der Waals surface area contributed by atoms with Gasteiger partial charge in [-0.15, -0.1) is 5.11 Å². The number of aromatic amines is 1. The third-order valence-electron chi connectivity index (χ3n) is 3.81. The molecule has 2 heterocycles. The van der Waals surface area contributed by atoms with Gasteiger partial charge in [0.25, 0.3) is 17.2 Å². The Kier molecular flexibility index (Phi) is 5.30. The molecule has 0 fully saturated rings. The molecule has 0 aliphatic heterocycles. The van der Waals surface area contributed by atoms with E-state index < -0.39 is 5.56 Å². The molecule has 2 aromatic rings. The van der Waals surface area contributed by atoms with Crippen LogP contribution in [0.5, 0.6) is 5.88 Å². The lowest BCUT2D eigenvalue weighted by molar-refractivity contribution is 0.397. The van der Waals surface area contributed by atoms with Crippen LogP contribution in [0.4, 0.5) is 23.3 Å². The second-order valence-electron chi connectivity index (χ2n) is 5.39. The Morgan fingerprint density at radius 1 is 1.24 bits per heavy atom. The highest BCUT2D eigenvalue weighted by molar-refractivity contribution is 5.64. The lowest BCUT2D eigenvalue weighted by Gasteiger charge is -2.13. The number of hydrogen-bond acceptors (Lipinski definition) is 5. The topological polar surface area (TPSA) is 104 Å². The molecule has 0 aromatic carbocycles. The first-order valence-corrected chi connectivity index (χ1v) is 7.64. The van der Waals surface area contributed by atoms with E-state index in [0.717, 1.165) is 12.8 Å². The molecule has 0 saturated heterocycles. The van der Waals surface area contributed by atoms with Crippen LogP contribution in [0.25, 0.3) is 9.69 Å². The van der Waals surface area contributed by atoms with Gasteiger partial charge >= 0.3 is 5.95 Å². The molecule has 0 radical (unpaired) electrons. The monoisotopic (exact) mass is 339 g/mol. The molecule has 128 valence electrons. The van der Waals surface area contributed by atoms with Crippen molar-refractivity contribution in [1.82, 2.24) is 14.5 Å². The molecule has 0 aliphatic carbocycles. The highest BCUT2D eigenvalue weighted by Gasteiger charge is 2.18. The molecule has 0 atom stereocenters. The summed E-state index contributed by atoms with van der Waals surface area (Å²) < 4.78 is 1.28. The fourth-order valence-corrected chi connectivity index (χ4v) is 2.22. The van der Waals surface area contributed by atoms with Gasteiger partial charge in [-0.2, -0.15) is 0 Å². The average molecular weight is 339 g/mol. The highest BCUT2D eigenvalue weighted by atomic mass is 16.3. The standard InChI is InChI=1S/C16H17N7O2/c1-6-7-8-23-14(24)10(3)9(2)11(15(23)25)21-22-16-19-12(17-4)13(18-5)20-16/h24H,6-8H2,1-3H3,(H,19,20). The Morgan fingerprint density at radius 2 is 1.96 bits per heavy atom. The second-order valence-corrected chi connectivity index (χ2v) is 5.39. The molecule has 0 aliphatic rings. The van der Waals surface area contributed by atoms with E-state index in [2.05, 4.69) is 29.9 Å². The largest absolute Gasteiger partial charge is 0.494 e. The summed E-state index contributed by atoms with van der Waals surface area (Å²) in [5.41, 5.74) is 0.714. The number of azo groups is 1. The SMILES string of the molecule is [C-]#[N+]c1nc(N=Nc2c(C)c(C)c(O)n(CCCC)c2=O)[nH]c1[N+]#[C-]. The maximum atomic E-state index is 12.6. The normalized spacial score (nSPS) is 10.8. The third kappa shape index (κ3) is 3.40. The van der Waals surface area contributed by atoms with Crippen LogP contribution >= 0.6 is 0 Å². The van der Waals surface area contributed by atoms with Crippen molar-refractivity contribution >= 4 is 23.3 Å². The van der Waals surface area contributed by atoms with Crippen molar-refractivity contribution in [3.05, 3.63) is 44.3 Å². The molecule has 0 bridgehead atoms. The van der Waals surface area contributed by atoms with Crippen LogP contribution in [-0.2, 0) is 6.54 Å². The fraction of sp³-hybridized carbons (Fsp3) is 0.375. The van der Waals surface area contributed by atoms with Crippen molar-refractivity contribution in [1.29, 1.82) is 0 Å². The van der Waals surface area contributed by atoms with E-state index in [1.165, 1.54) is 4.57 Å². The van der Waals surface area contributed by atoms with Crippen molar-refractivity contribution in [2.75, 3.05) is 0 Å². The van der Waals surface area contributed by atoms with Crippen LogP contribution in [0.3, 0.4) is 0 Å². The summed E-state index contributed by atoms with van der Waals surface area (Å²) in [4.78, 5) is 25.3. The maximum absolute atomic E-state index is 12.6. The predicted molar refractivity (Wildman–Crippen MR) is 92.0 cm³/mol. The van der Waals surface area contributed by atoms with E-state index in [9.17, 15) is 9.90 Å². The van der Waals surface area contributed by atoms with Crippen LogP contribution in [0, 0.1) is 27.0 Å². The first kappa shape index (κ1) is 17.9. The Bertz CT molecular complexity index is 939. The molecule has 25 heavy (non-hydrogen) atoms. The Morgan fingerprint density at radius 3 is 2.52 bits per heavy atom. The number of H-pyrrole nitrogens is 1. The summed E-state index contributed by atoms with van der Waals surface area (Å²) in [6.45, 7) is 19.7. The zero-order chi connectivity index (χ0) is 18.6. The molecule has 2 N–H and O–H groups in total. The Labute approximate surface area is 144 Å². The van der Waals surface area contributed by atoms with Gasteiger partial charge in [-0.25, -0.2) is 0 Å². The van der Waals surface area contributed by atoms with E-state index in [4.69, 9.17) is 13.1 Å². The molecule has 0 saturated carbocycles. The van der Waals surface area contributed by atoms with Crippen molar-refractivity contribution in [3.63, 3.8) is 0 Å². The van der Waals surface area contributed by atoms with Gasteiger partial charge in [0.2, 0.25) is 0 Å². The summed E-state index contributed by atoms with van der Waals surface area (Å²) in [5, 5.41) is 18.0. The lowest BCUT2D eigenvalue weighted by atomic mass is 10.1. The minimum Gasteiger partial charge on any atom is -0.494 e. The van der Waals surface area contributed by atoms with Gasteiger partial charge in [0.1, 0.15) is 0 Å². The molecule has 9 heteroatoms. The van der Waals surface area contributed by atoms with Gasteiger partial charge in [-0.3, -0.25) is 14.3 Å². The quantitative estimate of drug-likeness (QED) is 0.629. The van der Waals surface area contributed by atoms with Crippen LogP contribution in [-0.4, -0.2) is 19.6 Å².